The molecule has 7 heteroatoms. The number of aliphatic hydroxyl groups excluding tert-OH is 1. The maximum Gasteiger partial charge on any atom is 0.209 e. The van der Waals surface area contributed by atoms with Crippen molar-refractivity contribution >= 4 is 11.8 Å². The van der Waals surface area contributed by atoms with Crippen LogP contribution in [0.2, 0.25) is 0 Å². The average Bonchev–Trinajstić information content (AvgIpc) is 3.01. The second kappa shape index (κ2) is 7.42. The first-order valence-corrected chi connectivity index (χ1v) is 9.00. The Morgan fingerprint density at radius 3 is 2.83 bits per heavy atom. The van der Waals surface area contributed by atoms with E-state index in [1.54, 1.807) is 4.68 Å². The number of benzene rings is 1. The summed E-state index contributed by atoms with van der Waals surface area (Å²) < 4.78 is 1.79. The lowest BCUT2D eigenvalue weighted by Gasteiger charge is -2.30. The van der Waals surface area contributed by atoms with Crippen LogP contribution in [-0.4, -0.2) is 55.2 Å². The summed E-state index contributed by atoms with van der Waals surface area (Å²) in [6, 6.07) is 8.78. The molecule has 0 amide bonds. The summed E-state index contributed by atoms with van der Waals surface area (Å²) >= 11 is 1.51. The molecule has 23 heavy (non-hydrogen) atoms. The first-order chi connectivity index (χ1) is 11.1. The lowest BCUT2D eigenvalue weighted by molar-refractivity contribution is 0.122. The summed E-state index contributed by atoms with van der Waals surface area (Å²) in [6.07, 6.45) is 0.671. The van der Waals surface area contributed by atoms with Gasteiger partial charge in [0.1, 0.15) is 0 Å². The molecule has 1 aromatic heterocycles. The molecule has 1 aliphatic heterocycles. The van der Waals surface area contributed by atoms with Crippen molar-refractivity contribution in [1.82, 2.24) is 25.1 Å². The average molecular weight is 333 g/mol. The smallest absolute Gasteiger partial charge is 0.209 e. The van der Waals surface area contributed by atoms with Gasteiger partial charge in [-0.15, -0.1) is 5.10 Å². The van der Waals surface area contributed by atoms with Gasteiger partial charge in [-0.25, -0.2) is 4.68 Å². The molecule has 0 spiro atoms. The number of aliphatic hydroxyl groups is 1. The van der Waals surface area contributed by atoms with Crippen LogP contribution in [-0.2, 0) is 13.0 Å². The van der Waals surface area contributed by atoms with Crippen LogP contribution in [0.3, 0.4) is 0 Å². The number of fused-ring (bicyclic) bond motifs is 1. The highest BCUT2D eigenvalue weighted by Crippen LogP contribution is 2.21. The normalized spacial score (nSPS) is 16.5. The van der Waals surface area contributed by atoms with Gasteiger partial charge < -0.3 is 5.11 Å². The second-order valence-electron chi connectivity index (χ2n) is 6.22. The number of tetrazole rings is 1. The first kappa shape index (κ1) is 16.4. The fraction of sp³-hybridized carbons (Fsp3) is 0.562. The molecule has 0 radical (unpaired) electrons. The van der Waals surface area contributed by atoms with Gasteiger partial charge in [-0.3, -0.25) is 4.90 Å². The molecule has 0 fully saturated rings. The second-order valence-corrected chi connectivity index (χ2v) is 7.21. The van der Waals surface area contributed by atoms with Crippen molar-refractivity contribution < 1.29 is 5.11 Å². The third-order valence-corrected chi connectivity index (χ3v) is 5.11. The van der Waals surface area contributed by atoms with E-state index < -0.39 is 0 Å². The van der Waals surface area contributed by atoms with Crippen LogP contribution in [0.25, 0.3) is 0 Å². The van der Waals surface area contributed by atoms with Crippen molar-refractivity contribution in [2.75, 3.05) is 18.8 Å². The van der Waals surface area contributed by atoms with Gasteiger partial charge in [0.25, 0.3) is 0 Å². The fourth-order valence-electron chi connectivity index (χ4n) is 2.84. The fourth-order valence-corrected chi connectivity index (χ4v) is 3.76. The van der Waals surface area contributed by atoms with E-state index in [1.807, 2.05) is 13.8 Å². The molecule has 0 aliphatic carbocycles. The highest BCUT2D eigenvalue weighted by Gasteiger charge is 2.19. The number of thioether (sulfide) groups is 1. The Morgan fingerprint density at radius 2 is 2.04 bits per heavy atom. The van der Waals surface area contributed by atoms with Crippen molar-refractivity contribution in [1.29, 1.82) is 0 Å². The summed E-state index contributed by atoms with van der Waals surface area (Å²) in [7, 11) is 0. The van der Waals surface area contributed by atoms with Crippen LogP contribution in [0.15, 0.2) is 29.4 Å². The third-order valence-electron chi connectivity index (χ3n) is 4.04. The summed E-state index contributed by atoms with van der Waals surface area (Å²) in [5, 5.41) is 22.8. The predicted octanol–water partition coefficient (Wildman–Crippen LogP) is 1.77. The van der Waals surface area contributed by atoms with Gasteiger partial charge in [0.15, 0.2) is 0 Å². The zero-order chi connectivity index (χ0) is 16.2. The Bertz CT molecular complexity index is 645. The van der Waals surface area contributed by atoms with E-state index in [0.717, 1.165) is 24.7 Å². The molecular formula is C16H23N5OS. The number of hydrogen-bond acceptors (Lipinski definition) is 6. The lowest BCUT2D eigenvalue weighted by Crippen LogP contribution is -2.37. The van der Waals surface area contributed by atoms with Crippen molar-refractivity contribution in [3.63, 3.8) is 0 Å². The minimum Gasteiger partial charge on any atom is -0.391 e. The minimum atomic E-state index is -0.387. The molecule has 3 rings (SSSR count). The summed E-state index contributed by atoms with van der Waals surface area (Å²) in [4.78, 5) is 2.32. The van der Waals surface area contributed by atoms with Gasteiger partial charge in [-0.2, -0.15) is 0 Å². The van der Waals surface area contributed by atoms with E-state index >= 15 is 0 Å². The molecule has 1 aromatic carbocycles. The van der Waals surface area contributed by atoms with Gasteiger partial charge in [0.2, 0.25) is 5.16 Å². The lowest BCUT2D eigenvalue weighted by atomic mass is 10.00. The monoisotopic (exact) mass is 333 g/mol. The first-order valence-electron chi connectivity index (χ1n) is 8.01. The Morgan fingerprint density at radius 1 is 1.26 bits per heavy atom. The topological polar surface area (TPSA) is 67.1 Å². The summed E-state index contributed by atoms with van der Waals surface area (Å²) in [6.45, 7) is 6.69. The highest BCUT2D eigenvalue weighted by atomic mass is 32.2. The van der Waals surface area contributed by atoms with Crippen molar-refractivity contribution in [2.24, 2.45) is 0 Å². The zero-order valence-corrected chi connectivity index (χ0v) is 14.4. The molecule has 124 valence electrons. The number of nitrogens with zero attached hydrogens (tertiary/aromatic N) is 5. The predicted molar refractivity (Wildman–Crippen MR) is 90.4 cm³/mol. The molecular weight excluding hydrogens is 310 g/mol. The Kier molecular flexibility index (Phi) is 5.30. The van der Waals surface area contributed by atoms with Crippen molar-refractivity contribution in [2.45, 2.75) is 44.1 Å². The Labute approximate surface area is 140 Å². The van der Waals surface area contributed by atoms with E-state index in [1.165, 1.54) is 22.9 Å². The van der Waals surface area contributed by atoms with Gasteiger partial charge in [0.05, 0.1) is 12.1 Å². The van der Waals surface area contributed by atoms with Crippen LogP contribution in [0, 0.1) is 0 Å². The summed E-state index contributed by atoms with van der Waals surface area (Å²) in [5.74, 6) is 0.602. The number of rotatable bonds is 6. The third kappa shape index (κ3) is 4.10. The SMILES string of the molecule is CC(C)n1nnnc1SCC(O)CN1CCc2ccccc2C1. The van der Waals surface area contributed by atoms with E-state index in [4.69, 9.17) is 0 Å². The summed E-state index contributed by atoms with van der Waals surface area (Å²) in [5.41, 5.74) is 2.81. The zero-order valence-electron chi connectivity index (χ0n) is 13.6. The van der Waals surface area contributed by atoms with Gasteiger partial charge in [-0.05, 0) is 41.8 Å². The van der Waals surface area contributed by atoms with Crippen LogP contribution >= 0.6 is 11.8 Å². The molecule has 0 saturated carbocycles. The van der Waals surface area contributed by atoms with Crippen molar-refractivity contribution in [3.05, 3.63) is 35.4 Å². The highest BCUT2D eigenvalue weighted by molar-refractivity contribution is 7.99. The van der Waals surface area contributed by atoms with Gasteiger partial charge in [0, 0.05) is 25.4 Å². The van der Waals surface area contributed by atoms with E-state index in [2.05, 4.69) is 44.7 Å². The molecule has 2 aromatic rings. The Balaban J connectivity index is 1.50. The molecule has 0 bridgehead atoms. The maximum atomic E-state index is 10.3. The molecule has 1 unspecified atom stereocenters. The molecule has 6 nitrogen and oxygen atoms in total. The molecule has 1 N–H and O–H groups in total. The van der Waals surface area contributed by atoms with Crippen LogP contribution in [0.5, 0.6) is 0 Å². The van der Waals surface area contributed by atoms with E-state index in [9.17, 15) is 5.11 Å². The van der Waals surface area contributed by atoms with Crippen LogP contribution < -0.4 is 0 Å². The van der Waals surface area contributed by atoms with Crippen molar-refractivity contribution in [3.8, 4) is 0 Å². The largest absolute Gasteiger partial charge is 0.391 e. The molecule has 1 atom stereocenters. The maximum absolute atomic E-state index is 10.3. The number of hydrogen-bond donors (Lipinski definition) is 1. The van der Waals surface area contributed by atoms with E-state index in [0.29, 0.717) is 12.3 Å². The van der Waals surface area contributed by atoms with Crippen LogP contribution in [0.1, 0.15) is 31.0 Å². The number of β-amino-alcohol motifs (C(OH)–C–C–N with tert-alkyl or cyclic N) is 1. The molecule has 0 saturated heterocycles. The Hall–Kier alpha value is -1.44. The van der Waals surface area contributed by atoms with Crippen LogP contribution in [0.4, 0.5) is 0 Å². The van der Waals surface area contributed by atoms with Gasteiger partial charge >= 0.3 is 0 Å². The standard InChI is InChI=1S/C16H23N5OS/c1-12(2)21-16(17-18-19-21)23-11-15(22)10-20-8-7-13-5-3-4-6-14(13)9-20/h3-6,12,15,22H,7-11H2,1-2H3. The molecule has 1 aliphatic rings. The minimum absolute atomic E-state index is 0.225. The molecule has 2 heterocycles. The van der Waals surface area contributed by atoms with Gasteiger partial charge in [-0.1, -0.05) is 36.0 Å². The quantitative estimate of drug-likeness (QED) is 0.813. The number of aromatic nitrogens is 4. The van der Waals surface area contributed by atoms with E-state index in [-0.39, 0.29) is 12.1 Å².